The molecule has 3 rings (SSSR count). The van der Waals surface area contributed by atoms with Gasteiger partial charge in [0.25, 0.3) is 0 Å². The first-order valence-corrected chi connectivity index (χ1v) is 8.42. The van der Waals surface area contributed by atoms with Gasteiger partial charge < -0.3 is 4.74 Å². The minimum absolute atomic E-state index is 0.134. The molecule has 2 aromatic carbocycles. The highest BCUT2D eigenvalue weighted by Gasteiger charge is 2.14. The van der Waals surface area contributed by atoms with Gasteiger partial charge in [-0.3, -0.25) is 10.0 Å². The number of benzene rings is 2. The van der Waals surface area contributed by atoms with Crippen LogP contribution in [0.15, 0.2) is 54.6 Å². The fourth-order valence-electron chi connectivity index (χ4n) is 2.70. The molecule has 7 heteroatoms. The largest absolute Gasteiger partial charge is 0.497 e. The maximum absolute atomic E-state index is 13.3. The second kappa shape index (κ2) is 8.01. The van der Waals surface area contributed by atoms with Crippen LogP contribution in [0.4, 0.5) is 4.39 Å². The van der Waals surface area contributed by atoms with E-state index in [2.05, 4.69) is 5.10 Å². The lowest BCUT2D eigenvalue weighted by molar-refractivity contribution is -0.159. The summed E-state index contributed by atoms with van der Waals surface area (Å²) in [5.74, 6) is 0.0226. The number of aryl methyl sites for hydroxylation is 1. The van der Waals surface area contributed by atoms with Crippen molar-refractivity contribution in [1.29, 1.82) is 0 Å². The maximum Gasteiger partial charge on any atom is 0.246 e. The summed E-state index contributed by atoms with van der Waals surface area (Å²) in [6.07, 6.45) is 0.510. The lowest BCUT2D eigenvalue weighted by Gasteiger charge is -2.08. The number of amides is 1. The van der Waals surface area contributed by atoms with Crippen molar-refractivity contribution in [3.05, 3.63) is 66.1 Å². The fourth-order valence-corrected chi connectivity index (χ4v) is 2.70. The fraction of sp³-hybridized carbons (Fsp3) is 0.200. The van der Waals surface area contributed by atoms with Crippen LogP contribution in [0.1, 0.15) is 12.1 Å². The zero-order valence-corrected chi connectivity index (χ0v) is 15.1. The van der Waals surface area contributed by atoms with Crippen molar-refractivity contribution in [2.45, 2.75) is 12.8 Å². The van der Waals surface area contributed by atoms with Crippen molar-refractivity contribution in [1.82, 2.24) is 14.8 Å². The van der Waals surface area contributed by atoms with Crippen LogP contribution in [-0.4, -0.2) is 40.1 Å². The summed E-state index contributed by atoms with van der Waals surface area (Å²) in [6.45, 7) is 0. The summed E-state index contributed by atoms with van der Waals surface area (Å²) in [5, 5.41) is 14.4. The first-order chi connectivity index (χ1) is 13.0. The molecular formula is C20H20FN3O3. The monoisotopic (exact) mass is 369 g/mol. The average Bonchev–Trinajstić information content (AvgIpc) is 3.11. The average molecular weight is 369 g/mol. The van der Waals surface area contributed by atoms with Gasteiger partial charge in [0.2, 0.25) is 5.91 Å². The summed E-state index contributed by atoms with van der Waals surface area (Å²) in [4.78, 5) is 11.6. The van der Waals surface area contributed by atoms with Gasteiger partial charge in [0.05, 0.1) is 24.2 Å². The van der Waals surface area contributed by atoms with Crippen molar-refractivity contribution < 1.29 is 19.1 Å². The smallest absolute Gasteiger partial charge is 0.246 e. The Morgan fingerprint density at radius 1 is 1.19 bits per heavy atom. The molecule has 1 heterocycles. The van der Waals surface area contributed by atoms with E-state index in [-0.39, 0.29) is 12.2 Å². The van der Waals surface area contributed by atoms with Gasteiger partial charge >= 0.3 is 0 Å². The standard InChI is InChI=1S/C20H20FN3O3/c1-23(26)20(25)12-7-16-13-19(14-3-5-15(21)6-4-14)24(22-16)17-8-10-18(27-2)11-9-17/h3-6,8-11,13,26H,7,12H2,1-2H3. The molecule has 0 saturated carbocycles. The molecule has 1 aromatic heterocycles. The van der Waals surface area contributed by atoms with E-state index in [1.54, 1.807) is 23.9 Å². The van der Waals surface area contributed by atoms with Crippen LogP contribution in [0.5, 0.6) is 5.75 Å². The van der Waals surface area contributed by atoms with Gasteiger partial charge in [-0.1, -0.05) is 0 Å². The predicted octanol–water partition coefficient (Wildman–Crippen LogP) is 3.47. The molecule has 0 saturated heterocycles. The molecule has 1 amide bonds. The SMILES string of the molecule is COc1ccc(-n2nc(CCC(=O)N(C)O)cc2-c2ccc(F)cc2)cc1. The first-order valence-electron chi connectivity index (χ1n) is 8.42. The summed E-state index contributed by atoms with van der Waals surface area (Å²) in [7, 11) is 2.89. The molecule has 0 radical (unpaired) electrons. The van der Waals surface area contributed by atoms with E-state index in [4.69, 9.17) is 4.74 Å². The lowest BCUT2D eigenvalue weighted by Crippen LogP contribution is -2.22. The molecule has 140 valence electrons. The lowest BCUT2D eigenvalue weighted by atomic mass is 10.1. The third-order valence-corrected chi connectivity index (χ3v) is 4.17. The normalized spacial score (nSPS) is 10.7. The Kier molecular flexibility index (Phi) is 5.52. The Morgan fingerprint density at radius 3 is 2.44 bits per heavy atom. The number of carbonyl (C=O) groups is 1. The molecular weight excluding hydrogens is 349 g/mol. The summed E-state index contributed by atoms with van der Waals surface area (Å²) >= 11 is 0. The van der Waals surface area contributed by atoms with E-state index in [1.807, 2.05) is 30.3 Å². The molecule has 1 N–H and O–H groups in total. The van der Waals surface area contributed by atoms with Crippen LogP contribution in [0.3, 0.4) is 0 Å². The molecule has 0 aliphatic carbocycles. The van der Waals surface area contributed by atoms with E-state index >= 15 is 0 Å². The number of ether oxygens (including phenoxy) is 1. The van der Waals surface area contributed by atoms with Crippen LogP contribution < -0.4 is 4.74 Å². The Hall–Kier alpha value is -3.19. The van der Waals surface area contributed by atoms with E-state index < -0.39 is 5.91 Å². The number of carbonyl (C=O) groups excluding carboxylic acids is 1. The number of hydroxylamine groups is 2. The number of rotatable bonds is 6. The molecule has 0 spiro atoms. The quantitative estimate of drug-likeness (QED) is 0.534. The van der Waals surface area contributed by atoms with E-state index in [1.165, 1.54) is 19.2 Å². The second-order valence-corrected chi connectivity index (χ2v) is 6.05. The molecule has 0 aliphatic heterocycles. The van der Waals surface area contributed by atoms with Crippen molar-refractivity contribution in [2.24, 2.45) is 0 Å². The van der Waals surface area contributed by atoms with E-state index in [0.29, 0.717) is 17.2 Å². The van der Waals surface area contributed by atoms with Crippen LogP contribution in [0, 0.1) is 5.82 Å². The molecule has 0 aliphatic rings. The van der Waals surface area contributed by atoms with Gasteiger partial charge in [-0.15, -0.1) is 0 Å². The van der Waals surface area contributed by atoms with Crippen molar-refractivity contribution in [2.75, 3.05) is 14.2 Å². The number of aromatic nitrogens is 2. The molecule has 27 heavy (non-hydrogen) atoms. The second-order valence-electron chi connectivity index (χ2n) is 6.05. The number of hydrogen-bond acceptors (Lipinski definition) is 4. The number of nitrogens with zero attached hydrogens (tertiary/aromatic N) is 3. The minimum atomic E-state index is -0.391. The summed E-state index contributed by atoms with van der Waals surface area (Å²) in [6, 6.07) is 15.4. The molecule has 0 unspecified atom stereocenters. The Labute approximate surface area is 156 Å². The van der Waals surface area contributed by atoms with E-state index in [0.717, 1.165) is 22.7 Å². The predicted molar refractivity (Wildman–Crippen MR) is 98.4 cm³/mol. The summed E-state index contributed by atoms with van der Waals surface area (Å²) in [5.41, 5.74) is 3.09. The Balaban J connectivity index is 1.98. The molecule has 6 nitrogen and oxygen atoms in total. The van der Waals surface area contributed by atoms with Crippen LogP contribution in [0.2, 0.25) is 0 Å². The molecule has 0 bridgehead atoms. The molecule has 3 aromatic rings. The Bertz CT molecular complexity index is 919. The third-order valence-electron chi connectivity index (χ3n) is 4.17. The highest BCUT2D eigenvalue weighted by Crippen LogP contribution is 2.26. The van der Waals surface area contributed by atoms with Crippen molar-refractivity contribution in [3.63, 3.8) is 0 Å². The number of halogens is 1. The van der Waals surface area contributed by atoms with Crippen molar-refractivity contribution >= 4 is 5.91 Å². The van der Waals surface area contributed by atoms with Crippen LogP contribution in [0.25, 0.3) is 16.9 Å². The first kappa shape index (κ1) is 18.6. The van der Waals surface area contributed by atoms with Crippen LogP contribution in [-0.2, 0) is 11.2 Å². The number of hydrogen-bond donors (Lipinski definition) is 1. The van der Waals surface area contributed by atoms with Crippen LogP contribution >= 0.6 is 0 Å². The third kappa shape index (κ3) is 4.32. The topological polar surface area (TPSA) is 67.6 Å². The summed E-state index contributed by atoms with van der Waals surface area (Å²) < 4.78 is 20.2. The molecule has 0 fully saturated rings. The molecule has 0 atom stereocenters. The zero-order valence-electron chi connectivity index (χ0n) is 15.1. The van der Waals surface area contributed by atoms with Gasteiger partial charge in [0, 0.05) is 25.5 Å². The van der Waals surface area contributed by atoms with Gasteiger partial charge in [0.1, 0.15) is 11.6 Å². The van der Waals surface area contributed by atoms with Gasteiger partial charge in [-0.25, -0.2) is 14.1 Å². The van der Waals surface area contributed by atoms with Gasteiger partial charge in [-0.2, -0.15) is 5.10 Å². The highest BCUT2D eigenvalue weighted by atomic mass is 19.1. The maximum atomic E-state index is 13.3. The van der Waals surface area contributed by atoms with Gasteiger partial charge in [0.15, 0.2) is 0 Å². The highest BCUT2D eigenvalue weighted by molar-refractivity contribution is 5.75. The number of methoxy groups -OCH3 is 1. The minimum Gasteiger partial charge on any atom is -0.497 e. The van der Waals surface area contributed by atoms with Gasteiger partial charge in [-0.05, 0) is 54.6 Å². The van der Waals surface area contributed by atoms with Crippen molar-refractivity contribution in [3.8, 4) is 22.7 Å². The zero-order chi connectivity index (χ0) is 19.4. The Morgan fingerprint density at radius 2 is 1.85 bits per heavy atom. The van der Waals surface area contributed by atoms with E-state index in [9.17, 15) is 14.4 Å².